The summed E-state index contributed by atoms with van der Waals surface area (Å²) >= 11 is 5.29. The minimum absolute atomic E-state index is 0.132. The molecule has 1 N–H and O–H groups in total. The van der Waals surface area contributed by atoms with Gasteiger partial charge in [-0.15, -0.1) is 11.3 Å². The van der Waals surface area contributed by atoms with Crippen LogP contribution in [0.15, 0.2) is 34.4 Å². The Morgan fingerprint density at radius 3 is 2.94 bits per heavy atom. The highest BCUT2D eigenvalue weighted by Crippen LogP contribution is 2.33. The first-order valence-corrected chi connectivity index (χ1v) is 7.41. The van der Waals surface area contributed by atoms with E-state index < -0.39 is 0 Å². The second kappa shape index (κ2) is 6.31. The van der Waals surface area contributed by atoms with Gasteiger partial charge < -0.3 is 10.1 Å². The molecule has 0 fully saturated rings. The fraction of sp³-hybridized carbons (Fsp3) is 0.308. The fourth-order valence-electron chi connectivity index (χ4n) is 1.80. The predicted octanol–water partition coefficient (Wildman–Crippen LogP) is 3.61. The molecule has 0 spiro atoms. The van der Waals surface area contributed by atoms with E-state index in [1.54, 1.807) is 17.5 Å². The summed E-state index contributed by atoms with van der Waals surface area (Å²) in [5, 5.41) is 5.39. The maximum atomic E-state index is 5.49. The van der Waals surface area contributed by atoms with E-state index in [4.69, 9.17) is 4.74 Å². The Bertz CT molecular complexity index is 515. The molecule has 0 saturated heterocycles. The second-order valence-electron chi connectivity index (χ2n) is 3.74. The van der Waals surface area contributed by atoms with Gasteiger partial charge in [-0.3, -0.25) is 4.98 Å². The molecule has 1 atom stereocenters. The molecule has 2 rings (SSSR count). The summed E-state index contributed by atoms with van der Waals surface area (Å²) in [6, 6.07) is 4.22. The zero-order valence-electron chi connectivity index (χ0n) is 10.3. The molecule has 2 aromatic heterocycles. The van der Waals surface area contributed by atoms with E-state index in [0.717, 1.165) is 15.8 Å². The zero-order chi connectivity index (χ0) is 13.0. The van der Waals surface area contributed by atoms with Crippen LogP contribution >= 0.6 is 27.3 Å². The van der Waals surface area contributed by atoms with Crippen molar-refractivity contribution in [3.05, 3.63) is 44.8 Å². The van der Waals surface area contributed by atoms with Gasteiger partial charge in [0.2, 0.25) is 0 Å². The van der Waals surface area contributed by atoms with Gasteiger partial charge in [-0.05, 0) is 53.0 Å². The van der Waals surface area contributed by atoms with E-state index in [9.17, 15) is 0 Å². The first-order valence-electron chi connectivity index (χ1n) is 5.74. The molecule has 5 heteroatoms. The summed E-state index contributed by atoms with van der Waals surface area (Å²) in [7, 11) is 1.95. The minimum Gasteiger partial charge on any atom is -0.492 e. The molecule has 3 nitrogen and oxygen atoms in total. The van der Waals surface area contributed by atoms with Gasteiger partial charge in [0.05, 0.1) is 18.8 Å². The van der Waals surface area contributed by atoms with Gasteiger partial charge in [0.1, 0.15) is 5.75 Å². The Balaban J connectivity index is 2.33. The smallest absolute Gasteiger partial charge is 0.137 e. The molecular weight excluding hydrogens is 312 g/mol. The van der Waals surface area contributed by atoms with Crippen LogP contribution in [0.5, 0.6) is 5.75 Å². The Morgan fingerprint density at radius 2 is 2.33 bits per heavy atom. The lowest BCUT2D eigenvalue weighted by Gasteiger charge is -2.16. The highest BCUT2D eigenvalue weighted by atomic mass is 79.9. The highest BCUT2D eigenvalue weighted by Gasteiger charge is 2.17. The number of hydrogen-bond acceptors (Lipinski definition) is 4. The van der Waals surface area contributed by atoms with Crippen molar-refractivity contribution in [3.63, 3.8) is 0 Å². The number of halogens is 1. The average Bonchev–Trinajstić information content (AvgIpc) is 2.78. The van der Waals surface area contributed by atoms with Gasteiger partial charge >= 0.3 is 0 Å². The van der Waals surface area contributed by atoms with E-state index in [1.165, 1.54) is 4.88 Å². The molecule has 0 saturated carbocycles. The van der Waals surface area contributed by atoms with Crippen LogP contribution in [0.2, 0.25) is 0 Å². The number of pyridine rings is 1. The van der Waals surface area contributed by atoms with Crippen LogP contribution in [0, 0.1) is 0 Å². The Hall–Kier alpha value is -0.910. The first kappa shape index (κ1) is 13.5. The molecule has 0 bridgehead atoms. The topological polar surface area (TPSA) is 34.1 Å². The number of aromatic nitrogens is 1. The SMILES string of the molecule is CCOc1cncc(C(NC)c2sccc2Br)c1. The largest absolute Gasteiger partial charge is 0.492 e. The highest BCUT2D eigenvalue weighted by molar-refractivity contribution is 9.10. The Morgan fingerprint density at radius 1 is 1.50 bits per heavy atom. The lowest BCUT2D eigenvalue weighted by molar-refractivity contribution is 0.338. The molecule has 2 aromatic rings. The molecule has 0 aromatic carbocycles. The predicted molar refractivity (Wildman–Crippen MR) is 78.3 cm³/mol. The van der Waals surface area contributed by atoms with Crippen molar-refractivity contribution in [3.8, 4) is 5.75 Å². The van der Waals surface area contributed by atoms with Crippen molar-refractivity contribution < 1.29 is 4.74 Å². The number of rotatable bonds is 5. The van der Waals surface area contributed by atoms with Crippen molar-refractivity contribution in [1.29, 1.82) is 0 Å². The van der Waals surface area contributed by atoms with Crippen molar-refractivity contribution >= 4 is 27.3 Å². The van der Waals surface area contributed by atoms with Gasteiger partial charge in [0, 0.05) is 15.5 Å². The van der Waals surface area contributed by atoms with Gasteiger partial charge in [0.25, 0.3) is 0 Å². The van der Waals surface area contributed by atoms with Gasteiger partial charge in [0.15, 0.2) is 0 Å². The third-order valence-electron chi connectivity index (χ3n) is 2.57. The van der Waals surface area contributed by atoms with Crippen LogP contribution in [0.3, 0.4) is 0 Å². The van der Waals surface area contributed by atoms with Crippen LogP contribution in [0.25, 0.3) is 0 Å². The molecule has 0 radical (unpaired) electrons. The number of ether oxygens (including phenoxy) is 1. The van der Waals surface area contributed by atoms with E-state index in [2.05, 4.69) is 37.7 Å². The molecule has 0 amide bonds. The summed E-state index contributed by atoms with van der Waals surface area (Å²) in [6.07, 6.45) is 3.61. The molecule has 2 heterocycles. The monoisotopic (exact) mass is 326 g/mol. The third-order valence-corrected chi connectivity index (χ3v) is 4.51. The number of nitrogens with zero attached hydrogens (tertiary/aromatic N) is 1. The second-order valence-corrected chi connectivity index (χ2v) is 5.54. The average molecular weight is 327 g/mol. The van der Waals surface area contributed by atoms with Crippen molar-refractivity contribution in [2.45, 2.75) is 13.0 Å². The van der Waals surface area contributed by atoms with Gasteiger partial charge in [-0.1, -0.05) is 0 Å². The van der Waals surface area contributed by atoms with Crippen LogP contribution in [0.1, 0.15) is 23.4 Å². The normalized spacial score (nSPS) is 12.4. The lowest BCUT2D eigenvalue weighted by atomic mass is 10.1. The van der Waals surface area contributed by atoms with E-state index in [0.29, 0.717) is 6.61 Å². The standard InChI is InChI=1S/C13H15BrN2OS/c1-3-17-10-6-9(7-16-8-10)12(15-2)13-11(14)4-5-18-13/h4-8,12,15H,3H2,1-2H3. The summed E-state index contributed by atoms with van der Waals surface area (Å²) < 4.78 is 6.61. The maximum Gasteiger partial charge on any atom is 0.137 e. The number of hydrogen-bond donors (Lipinski definition) is 1. The van der Waals surface area contributed by atoms with Crippen molar-refractivity contribution in [1.82, 2.24) is 10.3 Å². The minimum atomic E-state index is 0.132. The van der Waals surface area contributed by atoms with Crippen LogP contribution in [-0.4, -0.2) is 18.6 Å². The summed E-state index contributed by atoms with van der Waals surface area (Å²) in [5.41, 5.74) is 1.10. The Kier molecular flexibility index (Phi) is 4.74. The van der Waals surface area contributed by atoms with E-state index >= 15 is 0 Å². The first-order chi connectivity index (χ1) is 8.76. The zero-order valence-corrected chi connectivity index (χ0v) is 12.7. The third kappa shape index (κ3) is 2.91. The number of thiophene rings is 1. The molecular formula is C13H15BrN2OS. The van der Waals surface area contributed by atoms with Crippen LogP contribution < -0.4 is 10.1 Å². The molecule has 96 valence electrons. The number of nitrogens with one attached hydrogen (secondary N) is 1. The van der Waals surface area contributed by atoms with E-state index in [1.807, 2.05) is 26.2 Å². The summed E-state index contributed by atoms with van der Waals surface area (Å²) in [6.45, 7) is 2.62. The molecule has 0 aliphatic heterocycles. The Labute approximate surface area is 119 Å². The fourth-order valence-corrected chi connectivity index (χ4v) is 3.54. The summed E-state index contributed by atoms with van der Waals surface area (Å²) in [4.78, 5) is 5.48. The molecule has 0 aliphatic carbocycles. The van der Waals surface area contributed by atoms with Gasteiger partial charge in [-0.2, -0.15) is 0 Å². The van der Waals surface area contributed by atoms with Crippen molar-refractivity contribution in [2.75, 3.05) is 13.7 Å². The van der Waals surface area contributed by atoms with Crippen molar-refractivity contribution in [2.24, 2.45) is 0 Å². The maximum absolute atomic E-state index is 5.49. The molecule has 18 heavy (non-hydrogen) atoms. The summed E-state index contributed by atoms with van der Waals surface area (Å²) in [5.74, 6) is 0.808. The van der Waals surface area contributed by atoms with E-state index in [-0.39, 0.29) is 6.04 Å². The van der Waals surface area contributed by atoms with Gasteiger partial charge in [-0.25, -0.2) is 0 Å². The molecule has 1 unspecified atom stereocenters. The van der Waals surface area contributed by atoms with Crippen LogP contribution in [0.4, 0.5) is 0 Å². The molecule has 0 aliphatic rings. The quantitative estimate of drug-likeness (QED) is 0.911. The van der Waals surface area contributed by atoms with Crippen LogP contribution in [-0.2, 0) is 0 Å². The lowest BCUT2D eigenvalue weighted by Crippen LogP contribution is -2.17.